The first-order valence-electron chi connectivity index (χ1n) is 7.33. The van der Waals surface area contributed by atoms with Gasteiger partial charge in [0.15, 0.2) is 0 Å². The Balaban J connectivity index is 1.86. The Morgan fingerprint density at radius 1 is 1.00 bits per heavy atom. The number of benzene rings is 2. The van der Waals surface area contributed by atoms with Crippen LogP contribution in [-0.4, -0.2) is 11.8 Å². The van der Waals surface area contributed by atoms with Gasteiger partial charge in [0.05, 0.1) is 0 Å². The van der Waals surface area contributed by atoms with E-state index in [9.17, 15) is 14.0 Å². The third kappa shape index (κ3) is 4.64. The minimum Gasteiger partial charge on any atom is -0.351 e. The Kier molecular flexibility index (Phi) is 5.46. The van der Waals surface area contributed by atoms with E-state index in [2.05, 4.69) is 10.6 Å². The molecule has 2 N–H and O–H groups in total. The van der Waals surface area contributed by atoms with Gasteiger partial charge in [-0.3, -0.25) is 9.59 Å². The van der Waals surface area contributed by atoms with Crippen molar-refractivity contribution >= 4 is 17.5 Å². The predicted molar refractivity (Wildman–Crippen MR) is 87.4 cm³/mol. The van der Waals surface area contributed by atoms with Gasteiger partial charge in [-0.25, -0.2) is 4.39 Å². The molecule has 0 saturated carbocycles. The van der Waals surface area contributed by atoms with Crippen LogP contribution in [0.4, 0.5) is 10.1 Å². The lowest BCUT2D eigenvalue weighted by Crippen LogP contribution is -2.28. The summed E-state index contributed by atoms with van der Waals surface area (Å²) < 4.78 is 13.4. The van der Waals surface area contributed by atoms with Gasteiger partial charge in [0.25, 0.3) is 0 Å². The van der Waals surface area contributed by atoms with Gasteiger partial charge in [-0.15, -0.1) is 0 Å². The summed E-state index contributed by atoms with van der Waals surface area (Å²) in [4.78, 5) is 23.7. The van der Waals surface area contributed by atoms with Gasteiger partial charge in [-0.05, 0) is 37.1 Å². The number of halogens is 1. The van der Waals surface area contributed by atoms with E-state index in [1.165, 1.54) is 6.07 Å². The molecule has 0 aliphatic carbocycles. The van der Waals surface area contributed by atoms with Crippen LogP contribution in [0.15, 0.2) is 42.5 Å². The van der Waals surface area contributed by atoms with Gasteiger partial charge >= 0.3 is 0 Å². The molecular weight excluding hydrogens is 295 g/mol. The van der Waals surface area contributed by atoms with Gasteiger partial charge < -0.3 is 10.6 Å². The fourth-order valence-electron chi connectivity index (χ4n) is 2.12. The predicted octanol–water partition coefficient (Wildman–Crippen LogP) is 3.09. The quantitative estimate of drug-likeness (QED) is 0.833. The second-order valence-corrected chi connectivity index (χ2v) is 5.34. The maximum absolute atomic E-state index is 13.4. The summed E-state index contributed by atoms with van der Waals surface area (Å²) in [6.07, 6.45) is -0.304. The van der Waals surface area contributed by atoms with Crippen molar-refractivity contribution < 1.29 is 14.0 Å². The average molecular weight is 314 g/mol. The Labute approximate surface area is 134 Å². The summed E-state index contributed by atoms with van der Waals surface area (Å²) in [5.74, 6) is -1.23. The van der Waals surface area contributed by atoms with Crippen LogP contribution in [0.2, 0.25) is 0 Å². The molecule has 2 aromatic rings. The summed E-state index contributed by atoms with van der Waals surface area (Å²) >= 11 is 0. The number of anilines is 1. The van der Waals surface area contributed by atoms with Gasteiger partial charge in [0.1, 0.15) is 12.2 Å². The first-order chi connectivity index (χ1) is 11.0. The van der Waals surface area contributed by atoms with Gasteiger partial charge in [-0.1, -0.05) is 30.3 Å². The molecular formula is C18H19FN2O2. The molecule has 2 rings (SSSR count). The summed E-state index contributed by atoms with van der Waals surface area (Å²) in [6.45, 7) is 3.91. The number of amides is 2. The van der Waals surface area contributed by atoms with Crippen molar-refractivity contribution in [3.05, 3.63) is 65.0 Å². The Hall–Kier alpha value is -2.69. The van der Waals surface area contributed by atoms with Crippen molar-refractivity contribution in [1.82, 2.24) is 5.32 Å². The third-order valence-electron chi connectivity index (χ3n) is 3.63. The topological polar surface area (TPSA) is 58.2 Å². The second kappa shape index (κ2) is 7.54. The Morgan fingerprint density at radius 3 is 2.48 bits per heavy atom. The van der Waals surface area contributed by atoms with Gasteiger partial charge in [0.2, 0.25) is 11.8 Å². The molecule has 0 fully saturated rings. The summed E-state index contributed by atoms with van der Waals surface area (Å²) in [7, 11) is 0. The number of carbonyl (C=O) groups excluding carboxylic acids is 2. The van der Waals surface area contributed by atoms with E-state index in [-0.39, 0.29) is 18.8 Å². The van der Waals surface area contributed by atoms with Crippen LogP contribution >= 0.6 is 0 Å². The fraction of sp³-hybridized carbons (Fsp3) is 0.222. The maximum Gasteiger partial charge on any atom is 0.233 e. The Bertz CT molecular complexity index is 729. The lowest BCUT2D eigenvalue weighted by atomic mass is 10.1. The molecule has 5 heteroatoms. The highest BCUT2D eigenvalue weighted by molar-refractivity contribution is 6.03. The average Bonchev–Trinajstić information content (AvgIpc) is 2.51. The SMILES string of the molecule is Cc1cccc(NC(=O)CC(=O)NCc2ccccc2F)c1C. The zero-order chi connectivity index (χ0) is 16.8. The third-order valence-corrected chi connectivity index (χ3v) is 3.63. The molecule has 23 heavy (non-hydrogen) atoms. The molecule has 0 aliphatic heterocycles. The normalized spacial score (nSPS) is 10.2. The van der Waals surface area contributed by atoms with Crippen LogP contribution in [-0.2, 0) is 16.1 Å². The molecule has 4 nitrogen and oxygen atoms in total. The van der Waals surface area contributed by atoms with Crippen molar-refractivity contribution in [3.63, 3.8) is 0 Å². The highest BCUT2D eigenvalue weighted by atomic mass is 19.1. The zero-order valence-corrected chi connectivity index (χ0v) is 13.2. The highest BCUT2D eigenvalue weighted by Gasteiger charge is 2.11. The number of nitrogens with one attached hydrogen (secondary N) is 2. The van der Waals surface area contributed by atoms with E-state index < -0.39 is 11.8 Å². The summed E-state index contributed by atoms with van der Waals surface area (Å²) in [5.41, 5.74) is 3.10. The van der Waals surface area contributed by atoms with Crippen molar-refractivity contribution in [2.45, 2.75) is 26.8 Å². The maximum atomic E-state index is 13.4. The smallest absolute Gasteiger partial charge is 0.233 e. The molecule has 0 bridgehead atoms. The molecule has 0 radical (unpaired) electrons. The van der Waals surface area contributed by atoms with Gasteiger partial charge in [-0.2, -0.15) is 0 Å². The lowest BCUT2D eigenvalue weighted by molar-refractivity contribution is -0.126. The van der Waals surface area contributed by atoms with Crippen LogP contribution in [0, 0.1) is 19.7 Å². The van der Waals surface area contributed by atoms with Crippen molar-refractivity contribution in [2.75, 3.05) is 5.32 Å². The largest absolute Gasteiger partial charge is 0.351 e. The molecule has 2 aromatic carbocycles. The minimum absolute atomic E-state index is 0.0578. The van der Waals surface area contributed by atoms with E-state index in [1.54, 1.807) is 24.3 Å². The van der Waals surface area contributed by atoms with E-state index in [4.69, 9.17) is 0 Å². The molecule has 0 atom stereocenters. The first kappa shape index (κ1) is 16.7. The molecule has 0 spiro atoms. The van der Waals surface area contributed by atoms with E-state index in [0.29, 0.717) is 11.3 Å². The molecule has 0 aromatic heterocycles. The highest BCUT2D eigenvalue weighted by Crippen LogP contribution is 2.18. The summed E-state index contributed by atoms with van der Waals surface area (Å²) in [5, 5.41) is 5.26. The van der Waals surface area contributed by atoms with E-state index in [0.717, 1.165) is 11.1 Å². The van der Waals surface area contributed by atoms with Crippen molar-refractivity contribution in [1.29, 1.82) is 0 Å². The van der Waals surface area contributed by atoms with Crippen LogP contribution in [0.25, 0.3) is 0 Å². The summed E-state index contributed by atoms with van der Waals surface area (Å²) in [6, 6.07) is 11.8. The van der Waals surface area contributed by atoms with E-state index in [1.807, 2.05) is 26.0 Å². The lowest BCUT2D eigenvalue weighted by Gasteiger charge is -2.10. The number of hydrogen-bond acceptors (Lipinski definition) is 2. The first-order valence-corrected chi connectivity index (χ1v) is 7.33. The molecule has 120 valence electrons. The molecule has 0 unspecified atom stereocenters. The number of aryl methyl sites for hydroxylation is 1. The van der Waals surface area contributed by atoms with E-state index >= 15 is 0 Å². The van der Waals surface area contributed by atoms with Crippen LogP contribution < -0.4 is 10.6 Å². The van der Waals surface area contributed by atoms with Crippen LogP contribution in [0.1, 0.15) is 23.1 Å². The molecule has 0 saturated heterocycles. The zero-order valence-electron chi connectivity index (χ0n) is 13.2. The number of rotatable bonds is 5. The standard InChI is InChI=1S/C18H19FN2O2/c1-12-6-5-9-16(13(12)2)21-18(23)10-17(22)20-11-14-7-3-4-8-15(14)19/h3-9H,10-11H2,1-2H3,(H,20,22)(H,21,23). The molecule has 2 amide bonds. The minimum atomic E-state index is -0.448. The van der Waals surface area contributed by atoms with Crippen LogP contribution in [0.5, 0.6) is 0 Å². The number of hydrogen-bond donors (Lipinski definition) is 2. The molecule has 0 aliphatic rings. The van der Waals surface area contributed by atoms with Crippen molar-refractivity contribution in [3.8, 4) is 0 Å². The molecule has 0 heterocycles. The van der Waals surface area contributed by atoms with Crippen LogP contribution in [0.3, 0.4) is 0 Å². The monoisotopic (exact) mass is 314 g/mol. The number of carbonyl (C=O) groups is 2. The van der Waals surface area contributed by atoms with Gasteiger partial charge in [0, 0.05) is 17.8 Å². The fourth-order valence-corrected chi connectivity index (χ4v) is 2.12. The van der Waals surface area contributed by atoms with Crippen molar-refractivity contribution in [2.24, 2.45) is 0 Å². The second-order valence-electron chi connectivity index (χ2n) is 5.34. The Morgan fingerprint density at radius 2 is 1.74 bits per heavy atom.